The Labute approximate surface area is 104 Å². The summed E-state index contributed by atoms with van der Waals surface area (Å²) in [6, 6.07) is 7.95. The molecule has 0 radical (unpaired) electrons. The minimum atomic E-state index is -3.34. The SMILES string of the molecule is C[C@@H](COS(C)(=O)=O)c1ccc(I)cc1. The zero-order valence-corrected chi connectivity index (χ0v) is 11.6. The quantitative estimate of drug-likeness (QED) is 0.624. The molecule has 1 atom stereocenters. The molecule has 0 heterocycles. The van der Waals surface area contributed by atoms with E-state index in [9.17, 15) is 8.42 Å². The fraction of sp³-hybridized carbons (Fsp3) is 0.400. The van der Waals surface area contributed by atoms with E-state index in [0.29, 0.717) is 0 Å². The Morgan fingerprint density at radius 1 is 1.33 bits per heavy atom. The molecule has 0 saturated carbocycles. The molecule has 0 aliphatic heterocycles. The first-order valence-electron chi connectivity index (χ1n) is 4.48. The van der Waals surface area contributed by atoms with Crippen LogP contribution in [0.4, 0.5) is 0 Å². The monoisotopic (exact) mass is 340 g/mol. The molecule has 15 heavy (non-hydrogen) atoms. The minimum absolute atomic E-state index is 0.0803. The van der Waals surface area contributed by atoms with Crippen molar-refractivity contribution in [2.45, 2.75) is 12.8 Å². The van der Waals surface area contributed by atoms with Crippen LogP contribution in [0.2, 0.25) is 0 Å². The summed E-state index contributed by atoms with van der Waals surface area (Å²) in [4.78, 5) is 0. The standard InChI is InChI=1S/C10H13IO3S/c1-8(7-14-15(2,12)13)9-3-5-10(11)6-4-9/h3-6,8H,7H2,1-2H3/t8-/m0/s1. The lowest BCUT2D eigenvalue weighted by Crippen LogP contribution is -2.09. The smallest absolute Gasteiger partial charge is 0.264 e. The highest BCUT2D eigenvalue weighted by molar-refractivity contribution is 14.1. The van der Waals surface area contributed by atoms with E-state index in [-0.39, 0.29) is 12.5 Å². The van der Waals surface area contributed by atoms with Crippen molar-refractivity contribution >= 4 is 32.7 Å². The lowest BCUT2D eigenvalue weighted by molar-refractivity contribution is 0.301. The predicted octanol–water partition coefficient (Wildman–Crippen LogP) is 2.37. The summed E-state index contributed by atoms with van der Waals surface area (Å²) in [6.45, 7) is 2.13. The summed E-state index contributed by atoms with van der Waals surface area (Å²) in [6.07, 6.45) is 1.06. The summed E-state index contributed by atoms with van der Waals surface area (Å²) in [5.41, 5.74) is 1.08. The molecule has 0 saturated heterocycles. The third-order valence-electron chi connectivity index (χ3n) is 1.97. The zero-order valence-electron chi connectivity index (χ0n) is 8.60. The molecule has 0 unspecified atom stereocenters. The summed E-state index contributed by atoms with van der Waals surface area (Å²) in [5.74, 6) is 0.0803. The number of benzene rings is 1. The van der Waals surface area contributed by atoms with Crippen LogP contribution >= 0.6 is 22.6 Å². The topological polar surface area (TPSA) is 43.4 Å². The first-order chi connectivity index (χ1) is 6.88. The maximum atomic E-state index is 10.8. The van der Waals surface area contributed by atoms with Gasteiger partial charge >= 0.3 is 0 Å². The van der Waals surface area contributed by atoms with Gasteiger partial charge in [-0.3, -0.25) is 4.18 Å². The largest absolute Gasteiger partial charge is 0.270 e. The summed E-state index contributed by atoms with van der Waals surface area (Å²) < 4.78 is 27.5. The molecule has 0 N–H and O–H groups in total. The van der Waals surface area contributed by atoms with E-state index >= 15 is 0 Å². The molecule has 0 aromatic heterocycles. The van der Waals surface area contributed by atoms with Gasteiger partial charge in [-0.05, 0) is 40.3 Å². The fourth-order valence-electron chi connectivity index (χ4n) is 1.11. The van der Waals surface area contributed by atoms with Crippen LogP contribution in [0.1, 0.15) is 18.4 Å². The fourth-order valence-corrected chi connectivity index (χ4v) is 1.92. The van der Waals surface area contributed by atoms with Crippen molar-refractivity contribution in [2.24, 2.45) is 0 Å². The molecule has 0 fully saturated rings. The number of hydrogen-bond acceptors (Lipinski definition) is 3. The maximum Gasteiger partial charge on any atom is 0.264 e. The van der Waals surface area contributed by atoms with E-state index in [1.807, 2.05) is 31.2 Å². The summed E-state index contributed by atoms with van der Waals surface area (Å²) in [5, 5.41) is 0. The molecular weight excluding hydrogens is 327 g/mol. The first kappa shape index (κ1) is 12.9. The Hall–Kier alpha value is -0.140. The van der Waals surface area contributed by atoms with Crippen LogP contribution in [-0.4, -0.2) is 21.3 Å². The van der Waals surface area contributed by atoms with Gasteiger partial charge < -0.3 is 0 Å². The van der Waals surface area contributed by atoms with Crippen molar-refractivity contribution in [3.8, 4) is 0 Å². The van der Waals surface area contributed by atoms with Gasteiger partial charge in [-0.2, -0.15) is 8.42 Å². The van der Waals surface area contributed by atoms with Gasteiger partial charge in [-0.1, -0.05) is 19.1 Å². The van der Waals surface area contributed by atoms with Crippen LogP contribution in [0.25, 0.3) is 0 Å². The van der Waals surface area contributed by atoms with Crippen LogP contribution in [-0.2, 0) is 14.3 Å². The van der Waals surface area contributed by atoms with Gasteiger partial charge in [0.15, 0.2) is 0 Å². The molecule has 0 amide bonds. The van der Waals surface area contributed by atoms with Gasteiger partial charge in [-0.15, -0.1) is 0 Å². The van der Waals surface area contributed by atoms with Crippen molar-refractivity contribution in [1.29, 1.82) is 0 Å². The van der Waals surface area contributed by atoms with Gasteiger partial charge in [0.1, 0.15) is 0 Å². The van der Waals surface area contributed by atoms with E-state index in [2.05, 4.69) is 22.6 Å². The molecule has 0 aliphatic rings. The minimum Gasteiger partial charge on any atom is -0.270 e. The second-order valence-corrected chi connectivity index (χ2v) is 6.33. The van der Waals surface area contributed by atoms with Crippen molar-refractivity contribution < 1.29 is 12.6 Å². The van der Waals surface area contributed by atoms with Crippen LogP contribution in [0, 0.1) is 3.57 Å². The van der Waals surface area contributed by atoms with E-state index in [4.69, 9.17) is 4.18 Å². The van der Waals surface area contributed by atoms with Gasteiger partial charge in [0.05, 0.1) is 12.9 Å². The number of rotatable bonds is 4. The van der Waals surface area contributed by atoms with Crippen molar-refractivity contribution in [3.05, 3.63) is 33.4 Å². The molecular formula is C10H13IO3S. The highest BCUT2D eigenvalue weighted by Gasteiger charge is 2.09. The van der Waals surface area contributed by atoms with E-state index in [1.54, 1.807) is 0 Å². The number of halogens is 1. The Morgan fingerprint density at radius 3 is 2.33 bits per heavy atom. The second-order valence-electron chi connectivity index (χ2n) is 3.44. The molecule has 3 nitrogen and oxygen atoms in total. The Balaban J connectivity index is 2.61. The highest BCUT2D eigenvalue weighted by atomic mass is 127. The normalized spacial score (nSPS) is 13.8. The maximum absolute atomic E-state index is 10.8. The molecule has 0 spiro atoms. The van der Waals surface area contributed by atoms with Gasteiger partial charge in [0.25, 0.3) is 10.1 Å². The van der Waals surface area contributed by atoms with E-state index in [1.165, 1.54) is 0 Å². The third-order valence-corrected chi connectivity index (χ3v) is 3.25. The molecule has 0 aliphatic carbocycles. The predicted molar refractivity (Wildman–Crippen MR) is 68.4 cm³/mol. The number of hydrogen-bond donors (Lipinski definition) is 0. The Kier molecular flexibility index (Phi) is 4.54. The Bertz CT molecular complexity index is 411. The summed E-state index contributed by atoms with van der Waals surface area (Å²) in [7, 11) is -3.34. The third kappa shape index (κ3) is 4.94. The lowest BCUT2D eigenvalue weighted by Gasteiger charge is -2.11. The van der Waals surface area contributed by atoms with Crippen molar-refractivity contribution in [3.63, 3.8) is 0 Å². The average Bonchev–Trinajstić information content (AvgIpc) is 2.14. The van der Waals surface area contributed by atoms with Crippen molar-refractivity contribution in [1.82, 2.24) is 0 Å². The van der Waals surface area contributed by atoms with Crippen molar-refractivity contribution in [2.75, 3.05) is 12.9 Å². The van der Waals surface area contributed by atoms with Crippen LogP contribution in [0.15, 0.2) is 24.3 Å². The van der Waals surface area contributed by atoms with Gasteiger partial charge in [0, 0.05) is 9.49 Å². The second kappa shape index (κ2) is 5.27. The molecule has 5 heteroatoms. The molecule has 1 aromatic rings. The van der Waals surface area contributed by atoms with E-state index in [0.717, 1.165) is 15.4 Å². The van der Waals surface area contributed by atoms with Crippen LogP contribution in [0.5, 0.6) is 0 Å². The van der Waals surface area contributed by atoms with Crippen LogP contribution < -0.4 is 0 Å². The molecule has 0 bridgehead atoms. The van der Waals surface area contributed by atoms with Gasteiger partial charge in [0.2, 0.25) is 0 Å². The highest BCUT2D eigenvalue weighted by Crippen LogP contribution is 2.17. The van der Waals surface area contributed by atoms with E-state index < -0.39 is 10.1 Å². The molecule has 84 valence electrons. The summed E-state index contributed by atoms with van der Waals surface area (Å²) >= 11 is 2.23. The zero-order chi connectivity index (χ0) is 11.5. The van der Waals surface area contributed by atoms with Gasteiger partial charge in [-0.25, -0.2) is 0 Å². The molecule has 1 aromatic carbocycles. The first-order valence-corrected chi connectivity index (χ1v) is 7.38. The lowest BCUT2D eigenvalue weighted by atomic mass is 10.0. The molecule has 1 rings (SSSR count). The Morgan fingerprint density at radius 2 is 1.87 bits per heavy atom. The van der Waals surface area contributed by atoms with Crippen LogP contribution in [0.3, 0.4) is 0 Å². The average molecular weight is 340 g/mol.